The zero-order chi connectivity index (χ0) is 13.8. The number of likely N-dealkylation sites (tertiary alicyclic amines) is 1. The highest BCUT2D eigenvalue weighted by molar-refractivity contribution is 9.10. The average molecular weight is 329 g/mol. The van der Waals surface area contributed by atoms with Gasteiger partial charge in [0, 0.05) is 20.1 Å². The molecule has 0 N–H and O–H groups in total. The number of anilines is 1. The van der Waals surface area contributed by atoms with E-state index >= 15 is 0 Å². The standard InChI is InChI=1S/C12H17BrN4O2/c1-16(8-10(18)17-5-3-4-6-17)12-14-7-9(13)11(15-12)19-2/h7H,3-6,8H2,1-2H3. The van der Waals surface area contributed by atoms with Crippen molar-refractivity contribution in [2.75, 3.05) is 38.7 Å². The quantitative estimate of drug-likeness (QED) is 0.834. The first-order valence-electron chi connectivity index (χ1n) is 6.17. The van der Waals surface area contributed by atoms with E-state index in [1.807, 2.05) is 4.90 Å². The summed E-state index contributed by atoms with van der Waals surface area (Å²) in [6.45, 7) is 2.00. The molecule has 0 spiro atoms. The van der Waals surface area contributed by atoms with Gasteiger partial charge in [-0.05, 0) is 28.8 Å². The number of nitrogens with zero attached hydrogens (tertiary/aromatic N) is 4. The highest BCUT2D eigenvalue weighted by Gasteiger charge is 2.20. The summed E-state index contributed by atoms with van der Waals surface area (Å²) in [6, 6.07) is 0. The van der Waals surface area contributed by atoms with Gasteiger partial charge in [0.05, 0.1) is 24.3 Å². The van der Waals surface area contributed by atoms with Crippen LogP contribution in [0.1, 0.15) is 12.8 Å². The van der Waals surface area contributed by atoms with Crippen molar-refractivity contribution in [3.63, 3.8) is 0 Å². The van der Waals surface area contributed by atoms with Crippen molar-refractivity contribution in [1.29, 1.82) is 0 Å². The second-order valence-corrected chi connectivity index (χ2v) is 5.33. The maximum absolute atomic E-state index is 12.0. The molecule has 7 heteroatoms. The number of carbonyl (C=O) groups excluding carboxylic acids is 1. The summed E-state index contributed by atoms with van der Waals surface area (Å²) in [6.07, 6.45) is 3.81. The Morgan fingerprint density at radius 1 is 1.53 bits per heavy atom. The predicted octanol–water partition coefficient (Wildman–Crippen LogP) is 1.31. The van der Waals surface area contributed by atoms with Gasteiger partial charge in [0.2, 0.25) is 17.7 Å². The van der Waals surface area contributed by atoms with E-state index in [4.69, 9.17) is 4.74 Å². The van der Waals surface area contributed by atoms with Crippen molar-refractivity contribution in [3.8, 4) is 5.88 Å². The monoisotopic (exact) mass is 328 g/mol. The summed E-state index contributed by atoms with van der Waals surface area (Å²) < 4.78 is 5.81. The molecule has 0 unspecified atom stereocenters. The van der Waals surface area contributed by atoms with Crippen LogP contribution in [0.5, 0.6) is 5.88 Å². The Morgan fingerprint density at radius 3 is 2.84 bits per heavy atom. The predicted molar refractivity (Wildman–Crippen MR) is 75.4 cm³/mol. The summed E-state index contributed by atoms with van der Waals surface area (Å²) in [5.74, 6) is 1.06. The molecule has 0 bridgehead atoms. The topological polar surface area (TPSA) is 58.6 Å². The van der Waals surface area contributed by atoms with E-state index in [0.717, 1.165) is 25.9 Å². The lowest BCUT2D eigenvalue weighted by Gasteiger charge is -2.21. The molecule has 0 aromatic carbocycles. The van der Waals surface area contributed by atoms with Crippen molar-refractivity contribution in [2.45, 2.75) is 12.8 Å². The van der Waals surface area contributed by atoms with Crippen LogP contribution >= 0.6 is 15.9 Å². The fourth-order valence-corrected chi connectivity index (χ4v) is 2.36. The van der Waals surface area contributed by atoms with Gasteiger partial charge in [0.25, 0.3) is 0 Å². The fraction of sp³-hybridized carbons (Fsp3) is 0.583. The first-order valence-corrected chi connectivity index (χ1v) is 6.96. The van der Waals surface area contributed by atoms with Crippen LogP contribution in [0.2, 0.25) is 0 Å². The zero-order valence-corrected chi connectivity index (χ0v) is 12.7. The van der Waals surface area contributed by atoms with Gasteiger partial charge in [-0.25, -0.2) is 4.98 Å². The van der Waals surface area contributed by atoms with E-state index in [0.29, 0.717) is 16.3 Å². The molecule has 2 rings (SSSR count). The number of rotatable bonds is 4. The van der Waals surface area contributed by atoms with Crippen molar-refractivity contribution in [3.05, 3.63) is 10.7 Å². The summed E-state index contributed by atoms with van der Waals surface area (Å²) in [5.41, 5.74) is 0. The summed E-state index contributed by atoms with van der Waals surface area (Å²) >= 11 is 3.30. The Morgan fingerprint density at radius 2 is 2.21 bits per heavy atom. The lowest BCUT2D eigenvalue weighted by molar-refractivity contribution is -0.128. The third-order valence-electron chi connectivity index (χ3n) is 3.07. The molecular weight excluding hydrogens is 312 g/mol. The van der Waals surface area contributed by atoms with Gasteiger partial charge in [0.1, 0.15) is 0 Å². The second kappa shape index (κ2) is 6.18. The summed E-state index contributed by atoms with van der Waals surface area (Å²) in [7, 11) is 3.35. The van der Waals surface area contributed by atoms with Gasteiger partial charge < -0.3 is 14.5 Å². The molecule has 0 radical (unpaired) electrons. The zero-order valence-electron chi connectivity index (χ0n) is 11.1. The van der Waals surface area contributed by atoms with E-state index in [1.165, 1.54) is 0 Å². The molecule has 1 aromatic rings. The van der Waals surface area contributed by atoms with Crippen LogP contribution in [0.25, 0.3) is 0 Å². The lowest BCUT2D eigenvalue weighted by atomic mass is 10.4. The molecule has 104 valence electrons. The van der Waals surface area contributed by atoms with Gasteiger partial charge in [0.15, 0.2) is 0 Å². The molecule has 0 saturated carbocycles. The molecule has 2 heterocycles. The van der Waals surface area contributed by atoms with Crippen LogP contribution < -0.4 is 9.64 Å². The lowest BCUT2D eigenvalue weighted by Crippen LogP contribution is -2.37. The third kappa shape index (κ3) is 3.34. The van der Waals surface area contributed by atoms with Crippen molar-refractivity contribution >= 4 is 27.8 Å². The van der Waals surface area contributed by atoms with Gasteiger partial charge in [-0.3, -0.25) is 4.79 Å². The number of methoxy groups -OCH3 is 1. The molecule has 1 saturated heterocycles. The number of ether oxygens (including phenoxy) is 1. The summed E-state index contributed by atoms with van der Waals surface area (Å²) in [5, 5.41) is 0. The number of hydrogen-bond donors (Lipinski definition) is 0. The van der Waals surface area contributed by atoms with Crippen molar-refractivity contribution in [2.24, 2.45) is 0 Å². The van der Waals surface area contributed by atoms with Crippen LogP contribution in [0.4, 0.5) is 5.95 Å². The molecule has 0 aliphatic carbocycles. The van der Waals surface area contributed by atoms with Crippen molar-refractivity contribution in [1.82, 2.24) is 14.9 Å². The minimum absolute atomic E-state index is 0.116. The molecular formula is C12H17BrN4O2. The minimum atomic E-state index is 0.116. The van der Waals surface area contributed by atoms with E-state index in [9.17, 15) is 4.79 Å². The molecule has 19 heavy (non-hydrogen) atoms. The first kappa shape index (κ1) is 14.0. The van der Waals surface area contributed by atoms with Crippen LogP contribution in [0.15, 0.2) is 10.7 Å². The Hall–Kier alpha value is -1.37. The van der Waals surface area contributed by atoms with Crippen LogP contribution in [-0.2, 0) is 4.79 Å². The normalized spacial score (nSPS) is 14.6. The van der Waals surface area contributed by atoms with E-state index in [2.05, 4.69) is 25.9 Å². The highest BCUT2D eigenvalue weighted by atomic mass is 79.9. The molecule has 0 atom stereocenters. The Bertz CT molecular complexity index is 463. The second-order valence-electron chi connectivity index (χ2n) is 4.47. The molecule has 6 nitrogen and oxygen atoms in total. The van der Waals surface area contributed by atoms with Gasteiger partial charge in [-0.15, -0.1) is 0 Å². The third-order valence-corrected chi connectivity index (χ3v) is 3.61. The number of aromatic nitrogens is 2. The maximum atomic E-state index is 12.0. The summed E-state index contributed by atoms with van der Waals surface area (Å²) in [4.78, 5) is 24.1. The maximum Gasteiger partial charge on any atom is 0.242 e. The number of carbonyl (C=O) groups is 1. The van der Waals surface area contributed by atoms with Crippen LogP contribution in [0.3, 0.4) is 0 Å². The van der Waals surface area contributed by atoms with E-state index in [1.54, 1.807) is 25.3 Å². The van der Waals surface area contributed by atoms with Gasteiger partial charge in [-0.1, -0.05) is 0 Å². The minimum Gasteiger partial charge on any atom is -0.480 e. The van der Waals surface area contributed by atoms with Gasteiger partial charge in [-0.2, -0.15) is 4.98 Å². The molecule has 1 aliphatic rings. The molecule has 1 aromatic heterocycles. The van der Waals surface area contributed by atoms with Gasteiger partial charge >= 0.3 is 0 Å². The molecule has 1 aliphatic heterocycles. The van der Waals surface area contributed by atoms with Crippen LogP contribution in [0, 0.1) is 0 Å². The Balaban J connectivity index is 2.02. The Labute approximate surface area is 120 Å². The largest absolute Gasteiger partial charge is 0.480 e. The SMILES string of the molecule is COc1nc(N(C)CC(=O)N2CCCC2)ncc1Br. The number of hydrogen-bond acceptors (Lipinski definition) is 5. The van der Waals surface area contributed by atoms with Crippen LogP contribution in [-0.4, -0.2) is 54.6 Å². The number of amides is 1. The van der Waals surface area contributed by atoms with E-state index < -0.39 is 0 Å². The number of likely N-dealkylation sites (N-methyl/N-ethyl adjacent to an activating group) is 1. The first-order chi connectivity index (χ1) is 9.11. The molecule has 1 amide bonds. The number of halogens is 1. The fourth-order valence-electron chi connectivity index (χ4n) is 2.01. The highest BCUT2D eigenvalue weighted by Crippen LogP contribution is 2.23. The molecule has 1 fully saturated rings. The Kier molecular flexibility index (Phi) is 4.57. The van der Waals surface area contributed by atoms with Crippen molar-refractivity contribution < 1.29 is 9.53 Å². The smallest absolute Gasteiger partial charge is 0.242 e. The average Bonchev–Trinajstić information content (AvgIpc) is 2.93. The van der Waals surface area contributed by atoms with E-state index in [-0.39, 0.29) is 12.5 Å².